The first-order valence-corrected chi connectivity index (χ1v) is 20.6. The number of rotatable bonds is 8. The Kier molecular flexibility index (Phi) is 11.5. The monoisotopic (exact) mass is 731 g/mol. The summed E-state index contributed by atoms with van der Waals surface area (Å²) in [6.07, 6.45) is 9.68. The molecule has 10 heteroatoms. The number of nitrogens with zero attached hydrogens (tertiary/aromatic N) is 5. The van der Waals surface area contributed by atoms with Crippen molar-refractivity contribution in [3.8, 4) is 0 Å². The second-order valence-corrected chi connectivity index (χ2v) is 16.1. The van der Waals surface area contributed by atoms with Crippen LogP contribution in [0.4, 0.5) is 15.3 Å². The Bertz CT molecular complexity index is 1760. The van der Waals surface area contributed by atoms with Gasteiger partial charge < -0.3 is 25.3 Å². The lowest BCUT2D eigenvalue weighted by atomic mass is 9.89. The molecule has 0 saturated carbocycles. The number of hydrogen-bond acceptors (Lipinski definition) is 5. The van der Waals surface area contributed by atoms with Crippen molar-refractivity contribution in [1.82, 2.24) is 29.8 Å². The van der Waals surface area contributed by atoms with Gasteiger partial charge in [0.15, 0.2) is 0 Å². The first kappa shape index (κ1) is 36.6. The molecule has 5 amide bonds. The van der Waals surface area contributed by atoms with Crippen LogP contribution in [-0.4, -0.2) is 119 Å². The molecule has 10 nitrogen and oxygen atoms in total. The standard InChI is InChI=1S/C44H57N7O3/c52-42(49-28-26-48(27-29-49)38-17-21-47(22-18-38)32-33-8-2-1-3-9-33)41(31-34-14-15-35-10-4-5-12-37(35)30-34)46-43(53)50-23-19-39(20-24-50)51-25-16-36-11-6-7-13-40(36)45-44(51)54/h1-3,6-9,11,13-15,30,38-39,41H,4-5,10,12,16-29,31-32H2,(H,45,54)(H,46,53)/t41-/m1/s1. The summed E-state index contributed by atoms with van der Waals surface area (Å²) in [5.74, 6) is 0.0223. The van der Waals surface area contributed by atoms with Gasteiger partial charge in [0.1, 0.15) is 6.04 Å². The zero-order valence-corrected chi connectivity index (χ0v) is 31.8. The molecule has 1 atom stereocenters. The highest BCUT2D eigenvalue weighted by molar-refractivity contribution is 5.91. The van der Waals surface area contributed by atoms with Gasteiger partial charge in [-0.05, 0) is 105 Å². The Morgan fingerprint density at radius 2 is 1.37 bits per heavy atom. The van der Waals surface area contributed by atoms with Gasteiger partial charge in [0, 0.05) is 76.5 Å². The highest BCUT2D eigenvalue weighted by Gasteiger charge is 2.35. The summed E-state index contributed by atoms with van der Waals surface area (Å²) in [5, 5.41) is 6.31. The molecular weight excluding hydrogens is 675 g/mol. The fraction of sp³-hybridized carbons (Fsp3) is 0.523. The minimum atomic E-state index is -0.625. The number of nitrogens with one attached hydrogen (secondary N) is 2. The van der Waals surface area contributed by atoms with Gasteiger partial charge in [-0.15, -0.1) is 0 Å². The third kappa shape index (κ3) is 8.60. The zero-order chi connectivity index (χ0) is 36.9. The maximum Gasteiger partial charge on any atom is 0.322 e. The maximum absolute atomic E-state index is 14.3. The number of carbonyl (C=O) groups is 3. The molecule has 0 bridgehead atoms. The van der Waals surface area contributed by atoms with Crippen molar-refractivity contribution in [3.63, 3.8) is 0 Å². The number of hydrogen-bond donors (Lipinski definition) is 2. The van der Waals surface area contributed by atoms with E-state index in [1.54, 1.807) is 0 Å². The van der Waals surface area contributed by atoms with Crippen LogP contribution >= 0.6 is 0 Å². The van der Waals surface area contributed by atoms with Crippen molar-refractivity contribution in [3.05, 3.63) is 101 Å². The quantitative estimate of drug-likeness (QED) is 0.317. The fourth-order valence-corrected chi connectivity index (χ4v) is 9.52. The summed E-state index contributed by atoms with van der Waals surface area (Å²) in [5.41, 5.74) is 7.34. The van der Waals surface area contributed by atoms with Crippen LogP contribution in [0.1, 0.15) is 66.3 Å². The number of para-hydroxylation sites is 1. The summed E-state index contributed by atoms with van der Waals surface area (Å²) in [4.78, 5) is 52.4. The molecule has 0 aromatic heterocycles. The zero-order valence-electron chi connectivity index (χ0n) is 31.8. The molecule has 54 heavy (non-hydrogen) atoms. The average molecular weight is 732 g/mol. The Morgan fingerprint density at radius 3 is 2.15 bits per heavy atom. The Balaban J connectivity index is 0.871. The molecule has 1 aliphatic carbocycles. The average Bonchev–Trinajstić information content (AvgIpc) is 3.39. The maximum atomic E-state index is 14.3. The molecule has 286 valence electrons. The van der Waals surface area contributed by atoms with E-state index in [4.69, 9.17) is 0 Å². The third-order valence-electron chi connectivity index (χ3n) is 12.7. The van der Waals surface area contributed by atoms with E-state index >= 15 is 0 Å². The van der Waals surface area contributed by atoms with E-state index in [2.05, 4.69) is 75.0 Å². The van der Waals surface area contributed by atoms with Crippen LogP contribution in [0, 0.1) is 0 Å². The van der Waals surface area contributed by atoms with Crippen molar-refractivity contribution in [1.29, 1.82) is 0 Å². The topological polar surface area (TPSA) is 91.5 Å². The van der Waals surface area contributed by atoms with E-state index in [-0.39, 0.29) is 24.0 Å². The van der Waals surface area contributed by atoms with Crippen LogP contribution in [-0.2, 0) is 37.0 Å². The largest absolute Gasteiger partial charge is 0.338 e. The van der Waals surface area contributed by atoms with Gasteiger partial charge in [-0.25, -0.2) is 9.59 Å². The first-order valence-electron chi connectivity index (χ1n) is 20.6. The summed E-state index contributed by atoms with van der Waals surface area (Å²) in [7, 11) is 0. The molecule has 0 radical (unpaired) electrons. The SMILES string of the molecule is O=C(N[C@H](Cc1ccc2c(c1)CCCC2)C(=O)N1CCN(C2CCN(Cc3ccccc3)CC2)CC1)N1CCC(N2CCc3ccccc3NC2=O)CC1. The lowest BCUT2D eigenvalue weighted by molar-refractivity contribution is -0.135. The second-order valence-electron chi connectivity index (χ2n) is 16.1. The second kappa shape index (κ2) is 16.9. The van der Waals surface area contributed by atoms with Crippen LogP contribution in [0.5, 0.6) is 0 Å². The van der Waals surface area contributed by atoms with Crippen LogP contribution < -0.4 is 10.6 Å². The van der Waals surface area contributed by atoms with E-state index in [1.165, 1.54) is 29.5 Å². The lowest BCUT2D eigenvalue weighted by Crippen LogP contribution is -2.59. The molecule has 3 aromatic carbocycles. The normalized spacial score (nSPS) is 21.1. The summed E-state index contributed by atoms with van der Waals surface area (Å²) in [6, 6.07) is 25.2. The summed E-state index contributed by atoms with van der Waals surface area (Å²) in [6.45, 7) is 8.10. The first-order chi connectivity index (χ1) is 26.5. The van der Waals surface area contributed by atoms with Gasteiger partial charge in [0.2, 0.25) is 5.91 Å². The molecule has 5 aliphatic rings. The predicted molar refractivity (Wildman–Crippen MR) is 212 cm³/mol. The molecule has 3 saturated heterocycles. The van der Waals surface area contributed by atoms with Crippen LogP contribution in [0.25, 0.3) is 0 Å². The van der Waals surface area contributed by atoms with Gasteiger partial charge in [-0.3, -0.25) is 14.6 Å². The molecule has 3 aromatic rings. The number of anilines is 1. The minimum absolute atomic E-state index is 0.0223. The smallest absolute Gasteiger partial charge is 0.322 e. The van der Waals surface area contributed by atoms with Crippen molar-refractivity contribution in [2.75, 3.05) is 64.2 Å². The number of urea groups is 2. The molecule has 0 spiro atoms. The molecule has 2 N–H and O–H groups in total. The number of fused-ring (bicyclic) bond motifs is 2. The lowest BCUT2D eigenvalue weighted by Gasteiger charge is -2.43. The third-order valence-corrected chi connectivity index (χ3v) is 12.7. The molecule has 4 aliphatic heterocycles. The molecule has 0 unspecified atom stereocenters. The van der Waals surface area contributed by atoms with Gasteiger partial charge in [0.05, 0.1) is 0 Å². The molecule has 4 heterocycles. The highest BCUT2D eigenvalue weighted by atomic mass is 16.2. The Morgan fingerprint density at radius 1 is 0.667 bits per heavy atom. The minimum Gasteiger partial charge on any atom is -0.338 e. The number of aryl methyl sites for hydroxylation is 2. The van der Waals surface area contributed by atoms with Crippen molar-refractivity contribution in [2.45, 2.75) is 88.9 Å². The van der Waals surface area contributed by atoms with Crippen molar-refractivity contribution in [2.24, 2.45) is 0 Å². The number of piperidine rings is 2. The molecular formula is C44H57N7O3. The van der Waals surface area contributed by atoms with Crippen molar-refractivity contribution < 1.29 is 14.4 Å². The van der Waals surface area contributed by atoms with Gasteiger partial charge in [-0.1, -0.05) is 66.7 Å². The van der Waals surface area contributed by atoms with Crippen LogP contribution in [0.3, 0.4) is 0 Å². The Labute approximate surface area is 320 Å². The van der Waals surface area contributed by atoms with Crippen LogP contribution in [0.15, 0.2) is 72.8 Å². The van der Waals surface area contributed by atoms with Gasteiger partial charge >= 0.3 is 12.1 Å². The van der Waals surface area contributed by atoms with E-state index in [9.17, 15) is 14.4 Å². The summed E-state index contributed by atoms with van der Waals surface area (Å²) < 4.78 is 0. The molecule has 3 fully saturated rings. The van der Waals surface area contributed by atoms with E-state index in [0.29, 0.717) is 58.0 Å². The van der Waals surface area contributed by atoms with E-state index < -0.39 is 6.04 Å². The predicted octanol–water partition coefficient (Wildman–Crippen LogP) is 5.55. The van der Waals surface area contributed by atoms with Crippen LogP contribution in [0.2, 0.25) is 0 Å². The number of amides is 5. The van der Waals surface area contributed by atoms with Gasteiger partial charge in [0.25, 0.3) is 0 Å². The highest BCUT2D eigenvalue weighted by Crippen LogP contribution is 2.26. The summed E-state index contributed by atoms with van der Waals surface area (Å²) >= 11 is 0. The Hall–Kier alpha value is -4.41. The number of likely N-dealkylation sites (tertiary alicyclic amines) is 2. The van der Waals surface area contributed by atoms with Crippen molar-refractivity contribution >= 4 is 23.7 Å². The number of benzene rings is 3. The number of carbonyl (C=O) groups excluding carboxylic acids is 3. The number of piperazine rings is 1. The molecule has 8 rings (SSSR count). The van der Waals surface area contributed by atoms with E-state index in [1.807, 2.05) is 32.9 Å². The van der Waals surface area contributed by atoms with E-state index in [0.717, 1.165) is 81.6 Å². The fourth-order valence-electron chi connectivity index (χ4n) is 9.52. The van der Waals surface area contributed by atoms with Gasteiger partial charge in [-0.2, -0.15) is 0 Å².